The molecule has 1 aliphatic rings. The monoisotopic (exact) mass is 517 g/mol. The number of ether oxygens (including phenoxy) is 1. The number of amides is 2. The predicted molar refractivity (Wildman–Crippen MR) is 142 cm³/mol. The Morgan fingerprint density at radius 1 is 1.22 bits per heavy atom. The Morgan fingerprint density at radius 2 is 1.94 bits per heavy atom. The second-order valence-corrected chi connectivity index (χ2v) is 9.33. The van der Waals surface area contributed by atoms with Gasteiger partial charge in [0.15, 0.2) is 5.75 Å². The largest absolute Gasteiger partial charge is 0.494 e. The molecule has 10 heteroatoms. The van der Waals surface area contributed by atoms with E-state index in [2.05, 4.69) is 15.6 Å². The Kier molecular flexibility index (Phi) is 9.78. The van der Waals surface area contributed by atoms with Gasteiger partial charge in [-0.3, -0.25) is 14.6 Å². The standard InChI is InChI=1S/C26H36ClN5O4/c1-5-9-32(26(35)19-14-29-15-21(36-4)23(19)27)16-22(33)30-24-18(12-17(2)13-20(24)28-3)25(34)31-10-7-6-8-11-31/h12-15,22,28,30,33H,5-11,16H2,1-4H3/t22-/m1/s1. The highest BCUT2D eigenvalue weighted by Crippen LogP contribution is 2.31. The van der Waals surface area contributed by atoms with Crippen LogP contribution in [0.4, 0.5) is 11.4 Å². The van der Waals surface area contributed by atoms with Crippen molar-refractivity contribution in [2.75, 3.05) is 51.0 Å². The number of aromatic nitrogens is 1. The molecule has 3 rings (SSSR count). The first-order valence-corrected chi connectivity index (χ1v) is 12.7. The lowest BCUT2D eigenvalue weighted by molar-refractivity contribution is 0.0655. The number of hydrogen-bond acceptors (Lipinski definition) is 7. The molecule has 0 unspecified atom stereocenters. The molecule has 1 aromatic heterocycles. The molecule has 2 amide bonds. The van der Waals surface area contributed by atoms with Crippen molar-refractivity contribution in [3.05, 3.63) is 46.2 Å². The summed E-state index contributed by atoms with van der Waals surface area (Å²) in [4.78, 5) is 34.1. The van der Waals surface area contributed by atoms with Gasteiger partial charge in [0.1, 0.15) is 6.23 Å². The average molecular weight is 518 g/mol. The second-order valence-electron chi connectivity index (χ2n) is 8.95. The van der Waals surface area contributed by atoms with Crippen molar-refractivity contribution >= 4 is 34.8 Å². The van der Waals surface area contributed by atoms with E-state index in [4.69, 9.17) is 16.3 Å². The van der Waals surface area contributed by atoms with E-state index in [0.29, 0.717) is 35.7 Å². The highest BCUT2D eigenvalue weighted by atomic mass is 35.5. The lowest BCUT2D eigenvalue weighted by atomic mass is 10.0. The number of carbonyl (C=O) groups is 2. The van der Waals surface area contributed by atoms with Crippen LogP contribution in [0, 0.1) is 6.92 Å². The zero-order valence-electron chi connectivity index (χ0n) is 21.4. The number of rotatable bonds is 10. The number of nitrogens with one attached hydrogen (secondary N) is 2. The van der Waals surface area contributed by atoms with Gasteiger partial charge in [0.05, 0.1) is 47.4 Å². The van der Waals surface area contributed by atoms with Crippen molar-refractivity contribution in [1.29, 1.82) is 0 Å². The number of halogens is 1. The van der Waals surface area contributed by atoms with E-state index in [0.717, 1.165) is 37.9 Å². The van der Waals surface area contributed by atoms with Crippen LogP contribution < -0.4 is 15.4 Å². The molecule has 2 heterocycles. The Balaban J connectivity index is 1.86. The Labute approximate surface area is 217 Å². The van der Waals surface area contributed by atoms with Crippen LogP contribution in [0.3, 0.4) is 0 Å². The van der Waals surface area contributed by atoms with E-state index in [9.17, 15) is 14.7 Å². The molecular weight excluding hydrogens is 482 g/mol. The number of likely N-dealkylation sites (tertiary alicyclic amines) is 1. The second kappa shape index (κ2) is 12.8. The number of nitrogens with zero attached hydrogens (tertiary/aromatic N) is 3. The summed E-state index contributed by atoms with van der Waals surface area (Å²) in [7, 11) is 3.23. The lowest BCUT2D eigenvalue weighted by Crippen LogP contribution is -2.42. The summed E-state index contributed by atoms with van der Waals surface area (Å²) in [5.74, 6) is -0.131. The third-order valence-electron chi connectivity index (χ3n) is 6.21. The van der Waals surface area contributed by atoms with E-state index in [1.54, 1.807) is 7.05 Å². The molecule has 9 nitrogen and oxygen atoms in total. The van der Waals surface area contributed by atoms with Crippen molar-refractivity contribution in [1.82, 2.24) is 14.8 Å². The molecule has 0 radical (unpaired) electrons. The quantitative estimate of drug-likeness (QED) is 0.409. The van der Waals surface area contributed by atoms with Gasteiger partial charge in [-0.15, -0.1) is 0 Å². The average Bonchev–Trinajstić information content (AvgIpc) is 2.89. The molecule has 36 heavy (non-hydrogen) atoms. The number of aliphatic hydroxyl groups excluding tert-OH is 1. The predicted octanol–water partition coefficient (Wildman–Crippen LogP) is 4.00. The molecule has 1 atom stereocenters. The molecule has 1 aliphatic heterocycles. The topological polar surface area (TPSA) is 107 Å². The van der Waals surface area contributed by atoms with Crippen LogP contribution in [0.1, 0.15) is 58.9 Å². The SMILES string of the molecule is CCCN(C[C@@H](O)Nc1c(NC)cc(C)cc1C(=O)N1CCCCC1)C(=O)c1cncc(OC)c1Cl. The molecule has 1 fully saturated rings. The fraction of sp³-hybridized carbons (Fsp3) is 0.500. The van der Waals surface area contributed by atoms with Gasteiger partial charge in [0.2, 0.25) is 0 Å². The molecule has 1 saturated heterocycles. The number of piperidine rings is 1. The fourth-order valence-corrected chi connectivity index (χ4v) is 4.68. The number of anilines is 2. The van der Waals surface area contributed by atoms with Crippen molar-refractivity contribution in [2.45, 2.75) is 45.8 Å². The molecule has 0 spiro atoms. The maximum atomic E-state index is 13.4. The molecular formula is C26H36ClN5O4. The molecule has 0 saturated carbocycles. The zero-order chi connectivity index (χ0) is 26.2. The number of hydrogen-bond donors (Lipinski definition) is 3. The third-order valence-corrected chi connectivity index (χ3v) is 6.60. The Hall–Kier alpha value is -3.04. The van der Waals surface area contributed by atoms with Crippen LogP contribution in [0.5, 0.6) is 5.75 Å². The fourth-order valence-electron chi connectivity index (χ4n) is 4.43. The maximum Gasteiger partial charge on any atom is 0.257 e. The van der Waals surface area contributed by atoms with Gasteiger partial charge in [-0.2, -0.15) is 0 Å². The minimum atomic E-state index is -1.14. The van der Waals surface area contributed by atoms with E-state index in [1.807, 2.05) is 30.9 Å². The van der Waals surface area contributed by atoms with Crippen LogP contribution in [-0.2, 0) is 0 Å². The van der Waals surface area contributed by atoms with Gasteiger partial charge >= 0.3 is 0 Å². The van der Waals surface area contributed by atoms with Crippen molar-refractivity contribution < 1.29 is 19.4 Å². The molecule has 3 N–H and O–H groups in total. The minimum absolute atomic E-state index is 0.0193. The number of aryl methyl sites for hydroxylation is 1. The van der Waals surface area contributed by atoms with E-state index in [1.165, 1.54) is 24.4 Å². The first-order valence-electron chi connectivity index (χ1n) is 12.3. The number of carbonyl (C=O) groups excluding carboxylic acids is 2. The number of methoxy groups -OCH3 is 1. The number of pyridine rings is 1. The van der Waals surface area contributed by atoms with E-state index in [-0.39, 0.29) is 28.9 Å². The summed E-state index contributed by atoms with van der Waals surface area (Å²) in [5.41, 5.74) is 2.83. The van der Waals surface area contributed by atoms with E-state index < -0.39 is 6.23 Å². The van der Waals surface area contributed by atoms with Crippen LogP contribution >= 0.6 is 11.6 Å². The van der Waals surface area contributed by atoms with Crippen LogP contribution in [0.2, 0.25) is 5.02 Å². The highest BCUT2D eigenvalue weighted by Gasteiger charge is 2.26. The summed E-state index contributed by atoms with van der Waals surface area (Å²) in [6, 6.07) is 3.75. The summed E-state index contributed by atoms with van der Waals surface area (Å²) in [5, 5.41) is 17.4. The summed E-state index contributed by atoms with van der Waals surface area (Å²) >= 11 is 6.36. The molecule has 1 aromatic carbocycles. The van der Waals surface area contributed by atoms with E-state index >= 15 is 0 Å². The molecule has 0 aliphatic carbocycles. The molecule has 0 bridgehead atoms. The molecule has 2 aromatic rings. The van der Waals surface area contributed by atoms with Gasteiger partial charge in [-0.1, -0.05) is 18.5 Å². The van der Waals surface area contributed by atoms with Gasteiger partial charge in [0.25, 0.3) is 11.8 Å². The maximum absolute atomic E-state index is 13.4. The van der Waals surface area contributed by atoms with Gasteiger partial charge in [-0.05, 0) is 50.3 Å². The summed E-state index contributed by atoms with van der Waals surface area (Å²) < 4.78 is 5.19. The van der Waals surface area contributed by atoms with Gasteiger partial charge < -0.3 is 30.3 Å². The Morgan fingerprint density at radius 3 is 2.58 bits per heavy atom. The van der Waals surface area contributed by atoms with Crippen molar-refractivity contribution in [3.8, 4) is 5.75 Å². The minimum Gasteiger partial charge on any atom is -0.494 e. The summed E-state index contributed by atoms with van der Waals surface area (Å²) in [6.07, 6.45) is 5.47. The first kappa shape index (κ1) is 27.5. The number of benzene rings is 1. The van der Waals surface area contributed by atoms with Crippen molar-refractivity contribution in [3.63, 3.8) is 0 Å². The van der Waals surface area contributed by atoms with Crippen LogP contribution in [-0.4, -0.2) is 78.3 Å². The number of aliphatic hydroxyl groups is 1. The third kappa shape index (κ3) is 6.39. The summed E-state index contributed by atoms with van der Waals surface area (Å²) in [6.45, 7) is 5.70. The first-order chi connectivity index (χ1) is 17.3. The van der Waals surface area contributed by atoms with Crippen molar-refractivity contribution in [2.24, 2.45) is 0 Å². The van der Waals surface area contributed by atoms with Crippen LogP contribution in [0.25, 0.3) is 0 Å². The lowest BCUT2D eigenvalue weighted by Gasteiger charge is -2.30. The highest BCUT2D eigenvalue weighted by molar-refractivity contribution is 6.35. The van der Waals surface area contributed by atoms with Crippen LogP contribution in [0.15, 0.2) is 24.5 Å². The van der Waals surface area contributed by atoms with Gasteiger partial charge in [0, 0.05) is 32.9 Å². The zero-order valence-corrected chi connectivity index (χ0v) is 22.2. The normalized spacial score (nSPS) is 14.2. The molecule has 196 valence electrons. The smallest absolute Gasteiger partial charge is 0.257 e. The van der Waals surface area contributed by atoms with Gasteiger partial charge in [-0.25, -0.2) is 0 Å². The Bertz CT molecular complexity index is 1070.